The Morgan fingerprint density at radius 2 is 2.12 bits per heavy atom. The maximum Gasteiger partial charge on any atom is 0.412 e. The number of aliphatic hydroxyl groups is 2. The summed E-state index contributed by atoms with van der Waals surface area (Å²) in [4.78, 5) is 27.2. The van der Waals surface area contributed by atoms with E-state index in [0.29, 0.717) is 6.42 Å². The molecule has 0 spiro atoms. The molecule has 26 heavy (non-hydrogen) atoms. The number of aliphatic hydroxyl groups excluding tert-OH is 2. The monoisotopic (exact) mass is 373 g/mol. The third-order valence-corrected chi connectivity index (χ3v) is 4.11. The molecule has 2 unspecified atom stereocenters. The average Bonchev–Trinajstić information content (AvgIpc) is 2.85. The summed E-state index contributed by atoms with van der Waals surface area (Å²) in [6.07, 6.45) is -1.09. The highest BCUT2D eigenvalue weighted by molar-refractivity contribution is 5.83. The van der Waals surface area contributed by atoms with Gasteiger partial charge in [0, 0.05) is 0 Å². The predicted molar refractivity (Wildman–Crippen MR) is 89.2 cm³/mol. The number of nitrogens with zero attached hydrogens (tertiary/aromatic N) is 2. The Balaban J connectivity index is 2.01. The van der Waals surface area contributed by atoms with Gasteiger partial charge in [-0.05, 0) is 13.3 Å². The van der Waals surface area contributed by atoms with E-state index in [2.05, 4.69) is 17.2 Å². The standard InChI is InChI=1S/C16H24FN3O6/c1-3-4-5-6-7-25-16(24)19-13-10(17)8-20(15(23)18-13)14-12(22)11(21)9(2)26-14/h8-9,11-12,14,21-22H,3-7H2,1-2H3,(H,18,19,23,24)/t9-,11?,12?,14-/m1/s1. The van der Waals surface area contributed by atoms with Crippen molar-refractivity contribution in [2.45, 2.75) is 64.1 Å². The van der Waals surface area contributed by atoms with Gasteiger partial charge in [-0.3, -0.25) is 9.88 Å². The van der Waals surface area contributed by atoms with Crippen LogP contribution >= 0.6 is 0 Å². The van der Waals surface area contributed by atoms with Crippen molar-refractivity contribution in [1.29, 1.82) is 0 Å². The number of hydrogen-bond acceptors (Lipinski definition) is 7. The Hall–Kier alpha value is -2.04. The number of amides is 1. The predicted octanol–water partition coefficient (Wildman–Crippen LogP) is 1.15. The maximum atomic E-state index is 14.2. The van der Waals surface area contributed by atoms with Crippen LogP contribution in [0.3, 0.4) is 0 Å². The van der Waals surface area contributed by atoms with Gasteiger partial charge >= 0.3 is 11.8 Å². The molecule has 0 aromatic carbocycles. The van der Waals surface area contributed by atoms with E-state index in [-0.39, 0.29) is 6.61 Å². The van der Waals surface area contributed by atoms with Crippen LogP contribution in [0.5, 0.6) is 0 Å². The molecule has 0 aliphatic carbocycles. The summed E-state index contributed by atoms with van der Waals surface area (Å²) in [7, 11) is 0. The second-order valence-electron chi connectivity index (χ2n) is 6.16. The van der Waals surface area contributed by atoms with E-state index in [4.69, 9.17) is 9.47 Å². The summed E-state index contributed by atoms with van der Waals surface area (Å²) in [5.74, 6) is -1.58. The lowest BCUT2D eigenvalue weighted by atomic mass is 10.1. The first-order valence-electron chi connectivity index (χ1n) is 8.59. The molecule has 1 aromatic heterocycles. The third kappa shape index (κ3) is 4.77. The SMILES string of the molecule is CCCCCCOC(=O)Nc1nc(=O)n([C@@H]2O[C@H](C)C(O)C2O)cc1F. The Morgan fingerprint density at radius 1 is 1.38 bits per heavy atom. The van der Waals surface area contributed by atoms with Gasteiger partial charge in [-0.1, -0.05) is 26.2 Å². The first-order valence-corrected chi connectivity index (χ1v) is 8.59. The molecule has 1 amide bonds. The van der Waals surface area contributed by atoms with E-state index < -0.39 is 48.0 Å². The van der Waals surface area contributed by atoms with Crippen molar-refractivity contribution in [2.75, 3.05) is 11.9 Å². The van der Waals surface area contributed by atoms with E-state index in [0.717, 1.165) is 30.0 Å². The Kier molecular flexibility index (Phi) is 7.06. The number of rotatable bonds is 7. The molecule has 2 heterocycles. The zero-order chi connectivity index (χ0) is 19.3. The quantitative estimate of drug-likeness (QED) is 0.613. The number of nitrogens with one attached hydrogen (secondary N) is 1. The first kappa shape index (κ1) is 20.3. The van der Waals surface area contributed by atoms with Crippen molar-refractivity contribution in [2.24, 2.45) is 0 Å². The van der Waals surface area contributed by atoms with Crippen molar-refractivity contribution in [1.82, 2.24) is 9.55 Å². The summed E-state index contributed by atoms with van der Waals surface area (Å²) in [6.45, 7) is 3.75. The molecule has 1 fully saturated rings. The normalized spacial score (nSPS) is 25.3. The van der Waals surface area contributed by atoms with E-state index >= 15 is 0 Å². The molecule has 4 atom stereocenters. The van der Waals surface area contributed by atoms with E-state index in [1.807, 2.05) is 0 Å². The third-order valence-electron chi connectivity index (χ3n) is 4.11. The van der Waals surface area contributed by atoms with Crippen LogP contribution in [0.4, 0.5) is 15.0 Å². The van der Waals surface area contributed by atoms with Gasteiger partial charge < -0.3 is 19.7 Å². The highest BCUT2D eigenvalue weighted by Gasteiger charge is 2.42. The molecule has 10 heteroatoms. The summed E-state index contributed by atoms with van der Waals surface area (Å²) in [6, 6.07) is 0. The highest BCUT2D eigenvalue weighted by Crippen LogP contribution is 2.28. The van der Waals surface area contributed by atoms with Crippen LogP contribution in [0.25, 0.3) is 0 Å². The lowest BCUT2D eigenvalue weighted by Crippen LogP contribution is -2.36. The molecule has 3 N–H and O–H groups in total. The number of hydrogen-bond donors (Lipinski definition) is 3. The second kappa shape index (κ2) is 9.06. The number of carbonyl (C=O) groups excluding carboxylic acids is 1. The lowest BCUT2D eigenvalue weighted by molar-refractivity contribution is -0.0355. The average molecular weight is 373 g/mol. The minimum Gasteiger partial charge on any atom is -0.449 e. The van der Waals surface area contributed by atoms with Crippen LogP contribution in [0.2, 0.25) is 0 Å². The zero-order valence-electron chi connectivity index (χ0n) is 14.7. The van der Waals surface area contributed by atoms with Crippen molar-refractivity contribution < 1.29 is 28.9 Å². The van der Waals surface area contributed by atoms with Gasteiger partial charge in [-0.15, -0.1) is 0 Å². The summed E-state index contributed by atoms with van der Waals surface area (Å²) < 4.78 is 25.0. The molecule has 146 valence electrons. The Morgan fingerprint density at radius 3 is 2.73 bits per heavy atom. The molecule has 0 bridgehead atoms. The van der Waals surface area contributed by atoms with Gasteiger partial charge in [0.25, 0.3) is 0 Å². The minimum absolute atomic E-state index is 0.183. The number of ether oxygens (including phenoxy) is 2. The Bertz CT molecular complexity index is 682. The zero-order valence-corrected chi connectivity index (χ0v) is 14.7. The molecular weight excluding hydrogens is 349 g/mol. The first-order chi connectivity index (χ1) is 12.3. The van der Waals surface area contributed by atoms with Gasteiger partial charge in [0.1, 0.15) is 12.2 Å². The smallest absolute Gasteiger partial charge is 0.412 e. The molecule has 1 aliphatic heterocycles. The van der Waals surface area contributed by atoms with Crippen LogP contribution in [-0.4, -0.2) is 50.8 Å². The second-order valence-corrected chi connectivity index (χ2v) is 6.16. The molecule has 1 aromatic rings. The van der Waals surface area contributed by atoms with Crippen LogP contribution in [0, 0.1) is 5.82 Å². The molecule has 1 saturated heterocycles. The molecule has 0 saturated carbocycles. The van der Waals surface area contributed by atoms with E-state index in [1.165, 1.54) is 6.92 Å². The van der Waals surface area contributed by atoms with Crippen molar-refractivity contribution in [3.8, 4) is 0 Å². The number of halogens is 1. The molecule has 0 radical (unpaired) electrons. The Labute approximate surface area is 149 Å². The summed E-state index contributed by atoms with van der Waals surface area (Å²) in [5, 5.41) is 21.7. The fraction of sp³-hybridized carbons (Fsp3) is 0.688. The fourth-order valence-electron chi connectivity index (χ4n) is 2.60. The fourth-order valence-corrected chi connectivity index (χ4v) is 2.60. The number of aromatic nitrogens is 2. The van der Waals surface area contributed by atoms with Crippen molar-refractivity contribution in [3.63, 3.8) is 0 Å². The number of unbranched alkanes of at least 4 members (excludes halogenated alkanes) is 3. The summed E-state index contributed by atoms with van der Waals surface area (Å²) >= 11 is 0. The summed E-state index contributed by atoms with van der Waals surface area (Å²) in [5.41, 5.74) is -0.949. The maximum absolute atomic E-state index is 14.2. The van der Waals surface area contributed by atoms with Gasteiger partial charge in [0.2, 0.25) is 0 Å². The van der Waals surface area contributed by atoms with Gasteiger partial charge in [0.15, 0.2) is 17.9 Å². The van der Waals surface area contributed by atoms with E-state index in [1.54, 1.807) is 0 Å². The molecular formula is C16H24FN3O6. The van der Waals surface area contributed by atoms with Gasteiger partial charge in [0.05, 0.1) is 18.9 Å². The van der Waals surface area contributed by atoms with E-state index in [9.17, 15) is 24.2 Å². The largest absolute Gasteiger partial charge is 0.449 e. The van der Waals surface area contributed by atoms with Crippen LogP contribution in [0.1, 0.15) is 45.8 Å². The molecule has 2 rings (SSSR count). The van der Waals surface area contributed by atoms with Gasteiger partial charge in [-0.25, -0.2) is 14.0 Å². The topological polar surface area (TPSA) is 123 Å². The van der Waals surface area contributed by atoms with Crippen LogP contribution < -0.4 is 11.0 Å². The van der Waals surface area contributed by atoms with Crippen molar-refractivity contribution >= 4 is 11.9 Å². The number of anilines is 1. The highest BCUT2D eigenvalue weighted by atomic mass is 19.1. The minimum atomic E-state index is -1.41. The van der Waals surface area contributed by atoms with Crippen molar-refractivity contribution in [3.05, 3.63) is 22.5 Å². The lowest BCUT2D eigenvalue weighted by Gasteiger charge is -2.17. The van der Waals surface area contributed by atoms with Crippen LogP contribution in [0.15, 0.2) is 11.0 Å². The van der Waals surface area contributed by atoms with Crippen LogP contribution in [-0.2, 0) is 9.47 Å². The molecule has 9 nitrogen and oxygen atoms in total. The van der Waals surface area contributed by atoms with Gasteiger partial charge in [-0.2, -0.15) is 4.98 Å². The number of carbonyl (C=O) groups is 1. The molecule has 1 aliphatic rings.